The van der Waals surface area contributed by atoms with Gasteiger partial charge in [0.05, 0.1) is 19.3 Å². The minimum Gasteiger partial charge on any atom is -0.493 e. The third-order valence-electron chi connectivity index (χ3n) is 2.36. The molecule has 1 unspecified atom stereocenters. The fraction of sp³-hybridized carbons (Fsp3) is 0.273. The Bertz CT molecular complexity index is 441. The summed E-state index contributed by atoms with van der Waals surface area (Å²) in [5.74, 6) is 1.47. The van der Waals surface area contributed by atoms with Crippen molar-refractivity contribution < 1.29 is 4.74 Å². The van der Waals surface area contributed by atoms with Crippen LogP contribution in [0.3, 0.4) is 0 Å². The summed E-state index contributed by atoms with van der Waals surface area (Å²) in [4.78, 5) is 4.23. The van der Waals surface area contributed by atoms with Crippen LogP contribution in [-0.4, -0.2) is 22.3 Å². The van der Waals surface area contributed by atoms with Crippen LogP contribution in [0.15, 0.2) is 30.7 Å². The van der Waals surface area contributed by atoms with Crippen LogP contribution in [0.4, 0.5) is 5.82 Å². The Balaban J connectivity index is 2.14. The first kappa shape index (κ1) is 10.5. The van der Waals surface area contributed by atoms with E-state index in [1.165, 1.54) is 0 Å². The van der Waals surface area contributed by atoms with Crippen molar-refractivity contribution in [1.82, 2.24) is 15.2 Å². The van der Waals surface area contributed by atoms with E-state index < -0.39 is 0 Å². The first-order valence-electron chi connectivity index (χ1n) is 5.05. The number of aromatic nitrogens is 3. The molecule has 2 aromatic rings. The average molecular weight is 218 g/mol. The molecular formula is C11H14N4O. The molecule has 2 heterocycles. The molecule has 2 aromatic heterocycles. The van der Waals surface area contributed by atoms with Crippen LogP contribution >= 0.6 is 0 Å². The van der Waals surface area contributed by atoms with Crippen molar-refractivity contribution in [3.8, 4) is 5.75 Å². The number of hydrogen-bond acceptors (Lipinski definition) is 4. The van der Waals surface area contributed by atoms with Gasteiger partial charge in [0.2, 0.25) is 0 Å². The van der Waals surface area contributed by atoms with E-state index in [-0.39, 0.29) is 6.04 Å². The Morgan fingerprint density at radius 1 is 1.50 bits per heavy atom. The first-order valence-corrected chi connectivity index (χ1v) is 5.05. The second kappa shape index (κ2) is 4.65. The number of H-pyrrole nitrogens is 1. The molecule has 0 amide bonds. The van der Waals surface area contributed by atoms with Crippen molar-refractivity contribution in [3.05, 3.63) is 36.3 Å². The normalized spacial score (nSPS) is 12.1. The van der Waals surface area contributed by atoms with Crippen molar-refractivity contribution in [2.24, 2.45) is 0 Å². The molecule has 16 heavy (non-hydrogen) atoms. The lowest BCUT2D eigenvalue weighted by Crippen LogP contribution is -2.08. The minimum atomic E-state index is 0.127. The van der Waals surface area contributed by atoms with Gasteiger partial charge in [-0.15, -0.1) is 0 Å². The highest BCUT2D eigenvalue weighted by molar-refractivity contribution is 5.50. The second-order valence-corrected chi connectivity index (χ2v) is 3.45. The molecule has 0 aliphatic heterocycles. The molecule has 0 saturated carbocycles. The number of hydrogen-bond donors (Lipinski definition) is 2. The van der Waals surface area contributed by atoms with E-state index in [0.29, 0.717) is 0 Å². The van der Waals surface area contributed by atoms with Crippen LogP contribution in [-0.2, 0) is 0 Å². The van der Waals surface area contributed by atoms with Gasteiger partial charge in [-0.2, -0.15) is 5.10 Å². The Hall–Kier alpha value is -2.04. The maximum absolute atomic E-state index is 5.22. The molecule has 0 saturated heterocycles. The van der Waals surface area contributed by atoms with Crippen molar-refractivity contribution in [2.75, 3.05) is 12.4 Å². The number of rotatable bonds is 4. The third kappa shape index (κ3) is 2.13. The van der Waals surface area contributed by atoms with Gasteiger partial charge >= 0.3 is 0 Å². The van der Waals surface area contributed by atoms with E-state index in [1.54, 1.807) is 19.5 Å². The van der Waals surface area contributed by atoms with Gasteiger partial charge in [0.1, 0.15) is 0 Å². The van der Waals surface area contributed by atoms with Crippen molar-refractivity contribution in [1.29, 1.82) is 0 Å². The van der Waals surface area contributed by atoms with Gasteiger partial charge in [-0.25, -0.2) is 4.98 Å². The molecular weight excluding hydrogens is 204 g/mol. The summed E-state index contributed by atoms with van der Waals surface area (Å²) in [6.07, 6.45) is 5.37. The molecule has 0 aromatic carbocycles. The molecule has 1 atom stereocenters. The molecule has 84 valence electrons. The van der Waals surface area contributed by atoms with Gasteiger partial charge < -0.3 is 10.1 Å². The molecule has 0 fully saturated rings. The smallest absolute Gasteiger partial charge is 0.169 e. The number of ether oxygens (including phenoxy) is 1. The van der Waals surface area contributed by atoms with Gasteiger partial charge in [-0.3, -0.25) is 5.10 Å². The van der Waals surface area contributed by atoms with Crippen LogP contribution in [0.25, 0.3) is 0 Å². The summed E-state index contributed by atoms with van der Waals surface area (Å²) in [5.41, 5.74) is 1.08. The first-order chi connectivity index (χ1) is 7.81. The number of nitrogens with zero attached hydrogens (tertiary/aromatic N) is 2. The Morgan fingerprint density at radius 2 is 2.38 bits per heavy atom. The monoisotopic (exact) mass is 218 g/mol. The molecule has 2 rings (SSSR count). The SMILES string of the molecule is COc1cccnc1NC(C)c1cn[nH]c1. The van der Waals surface area contributed by atoms with Gasteiger partial charge in [0, 0.05) is 18.0 Å². The van der Waals surface area contributed by atoms with Crippen LogP contribution in [0.1, 0.15) is 18.5 Å². The average Bonchev–Trinajstić information content (AvgIpc) is 2.83. The number of nitrogens with one attached hydrogen (secondary N) is 2. The van der Waals surface area contributed by atoms with E-state index in [1.807, 2.05) is 25.3 Å². The zero-order valence-corrected chi connectivity index (χ0v) is 9.27. The highest BCUT2D eigenvalue weighted by Crippen LogP contribution is 2.24. The lowest BCUT2D eigenvalue weighted by atomic mass is 10.2. The van der Waals surface area contributed by atoms with E-state index in [4.69, 9.17) is 4.74 Å². The highest BCUT2D eigenvalue weighted by Gasteiger charge is 2.09. The molecule has 0 bridgehead atoms. The molecule has 2 N–H and O–H groups in total. The van der Waals surface area contributed by atoms with Crippen LogP contribution in [0.2, 0.25) is 0 Å². The van der Waals surface area contributed by atoms with E-state index in [0.717, 1.165) is 17.1 Å². The summed E-state index contributed by atoms with van der Waals surface area (Å²) in [6, 6.07) is 3.84. The lowest BCUT2D eigenvalue weighted by molar-refractivity contribution is 0.414. The van der Waals surface area contributed by atoms with Crippen molar-refractivity contribution >= 4 is 5.82 Å². The van der Waals surface area contributed by atoms with E-state index in [9.17, 15) is 0 Å². The van der Waals surface area contributed by atoms with Crippen LogP contribution in [0, 0.1) is 0 Å². The topological polar surface area (TPSA) is 62.8 Å². The summed E-state index contributed by atoms with van der Waals surface area (Å²) >= 11 is 0. The molecule has 0 spiro atoms. The fourth-order valence-corrected chi connectivity index (χ4v) is 1.45. The lowest BCUT2D eigenvalue weighted by Gasteiger charge is -2.14. The fourth-order valence-electron chi connectivity index (χ4n) is 1.45. The van der Waals surface area contributed by atoms with Gasteiger partial charge in [0.25, 0.3) is 0 Å². The number of pyridine rings is 1. The largest absolute Gasteiger partial charge is 0.493 e. The maximum atomic E-state index is 5.22. The summed E-state index contributed by atoms with van der Waals surface area (Å²) in [6.45, 7) is 2.04. The van der Waals surface area contributed by atoms with Crippen molar-refractivity contribution in [3.63, 3.8) is 0 Å². The van der Waals surface area contributed by atoms with Gasteiger partial charge in [0.15, 0.2) is 11.6 Å². The summed E-state index contributed by atoms with van der Waals surface area (Å²) in [7, 11) is 1.63. The van der Waals surface area contributed by atoms with Gasteiger partial charge in [-0.1, -0.05) is 0 Å². The van der Waals surface area contributed by atoms with Crippen LogP contribution < -0.4 is 10.1 Å². The minimum absolute atomic E-state index is 0.127. The molecule has 5 heteroatoms. The predicted molar refractivity (Wildman–Crippen MR) is 61.4 cm³/mol. The number of anilines is 1. The maximum Gasteiger partial charge on any atom is 0.169 e. The number of methoxy groups -OCH3 is 1. The summed E-state index contributed by atoms with van der Waals surface area (Å²) < 4.78 is 5.22. The summed E-state index contributed by atoms with van der Waals surface area (Å²) in [5, 5.41) is 9.96. The quantitative estimate of drug-likeness (QED) is 0.823. The molecule has 0 aliphatic rings. The highest BCUT2D eigenvalue weighted by atomic mass is 16.5. The van der Waals surface area contributed by atoms with Crippen molar-refractivity contribution in [2.45, 2.75) is 13.0 Å². The van der Waals surface area contributed by atoms with E-state index in [2.05, 4.69) is 20.5 Å². The second-order valence-electron chi connectivity index (χ2n) is 3.45. The molecule has 0 aliphatic carbocycles. The van der Waals surface area contributed by atoms with E-state index >= 15 is 0 Å². The Morgan fingerprint density at radius 3 is 3.06 bits per heavy atom. The molecule has 5 nitrogen and oxygen atoms in total. The Kier molecular flexibility index (Phi) is 3.05. The number of aromatic amines is 1. The standard InChI is InChI=1S/C11H14N4O/c1-8(9-6-13-14-7-9)15-11-10(16-2)4-3-5-12-11/h3-8H,1-2H3,(H,12,15)(H,13,14). The van der Waals surface area contributed by atoms with Crippen LogP contribution in [0.5, 0.6) is 5.75 Å². The predicted octanol–water partition coefficient (Wildman–Crippen LogP) is 1.99. The molecule has 0 radical (unpaired) electrons. The zero-order valence-electron chi connectivity index (χ0n) is 9.27. The van der Waals surface area contributed by atoms with Gasteiger partial charge in [-0.05, 0) is 19.1 Å². The third-order valence-corrected chi connectivity index (χ3v) is 2.36. The zero-order chi connectivity index (χ0) is 11.4. The Labute approximate surface area is 93.9 Å².